The molecule has 134 valence electrons. The third kappa shape index (κ3) is 3.86. The molecule has 0 radical (unpaired) electrons. The first-order valence-electron chi connectivity index (χ1n) is 8.69. The molecule has 2 aromatic rings. The molecule has 1 aliphatic rings. The van der Waals surface area contributed by atoms with Crippen molar-refractivity contribution < 1.29 is 31.4 Å². The van der Waals surface area contributed by atoms with Crippen LogP contribution in [0.5, 0.6) is 0 Å². The molecule has 1 heterocycles. The molecule has 2 aromatic carbocycles. The fourth-order valence-electron chi connectivity index (χ4n) is 3.76. The fraction of sp³-hybridized carbons (Fsp3) is 0.381. The number of ketones is 1. The van der Waals surface area contributed by atoms with Gasteiger partial charge in [0.05, 0.1) is 26.7 Å². The number of quaternary nitrogens is 1. The van der Waals surface area contributed by atoms with E-state index < -0.39 is 11.5 Å². The highest BCUT2D eigenvalue weighted by Crippen LogP contribution is 2.41. The van der Waals surface area contributed by atoms with Crippen LogP contribution in [0.1, 0.15) is 29.3 Å². The number of likely N-dealkylation sites (tertiary alicyclic amines) is 1. The molecule has 1 unspecified atom stereocenters. The Morgan fingerprint density at radius 1 is 1.12 bits per heavy atom. The van der Waals surface area contributed by atoms with Crippen molar-refractivity contribution in [3.8, 4) is 0 Å². The second-order valence-electron chi connectivity index (χ2n) is 7.17. The quantitative estimate of drug-likeness (QED) is 0.586. The summed E-state index contributed by atoms with van der Waals surface area (Å²) in [6, 6.07) is 19.0. The van der Waals surface area contributed by atoms with E-state index in [0.29, 0.717) is 18.5 Å². The number of piperidine rings is 1. The zero-order valence-corrected chi connectivity index (χ0v) is 16.4. The summed E-state index contributed by atoms with van der Waals surface area (Å²) in [4.78, 5) is 13.2. The van der Waals surface area contributed by atoms with E-state index in [9.17, 15) is 9.90 Å². The van der Waals surface area contributed by atoms with Crippen LogP contribution in [-0.4, -0.2) is 42.1 Å². The van der Waals surface area contributed by atoms with Gasteiger partial charge in [-0.25, -0.2) is 0 Å². The molecule has 3 rings (SSSR count). The monoisotopic (exact) mass is 403 g/mol. The number of carbonyl (C=O) groups excluding carboxylic acids is 1. The SMILES string of the molecule is CC[N+]1(C)CC[C@@](O)(c2ccccc2)[C@H](C(=O)c2ccccc2)C1.[Br-]. The Morgan fingerprint density at radius 2 is 1.68 bits per heavy atom. The van der Waals surface area contributed by atoms with Crippen LogP contribution >= 0.6 is 0 Å². The highest BCUT2D eigenvalue weighted by Gasteiger charge is 2.51. The number of nitrogens with zero attached hydrogens (tertiary/aromatic N) is 1. The number of rotatable bonds is 4. The molecular formula is C21H26BrNO2. The van der Waals surface area contributed by atoms with Crippen LogP contribution in [0.15, 0.2) is 60.7 Å². The third-order valence-corrected chi connectivity index (χ3v) is 5.64. The molecule has 0 bridgehead atoms. The van der Waals surface area contributed by atoms with Gasteiger partial charge in [0, 0.05) is 12.0 Å². The topological polar surface area (TPSA) is 37.3 Å². The average molecular weight is 404 g/mol. The van der Waals surface area contributed by atoms with Gasteiger partial charge in [-0.3, -0.25) is 4.79 Å². The fourth-order valence-corrected chi connectivity index (χ4v) is 3.76. The predicted molar refractivity (Wildman–Crippen MR) is 95.7 cm³/mol. The summed E-state index contributed by atoms with van der Waals surface area (Å²) in [7, 11) is 2.18. The van der Waals surface area contributed by atoms with E-state index in [-0.39, 0.29) is 22.8 Å². The normalized spacial score (nSPS) is 28.8. The van der Waals surface area contributed by atoms with Crippen LogP contribution in [-0.2, 0) is 5.60 Å². The molecule has 0 saturated carbocycles. The Kier molecular flexibility index (Phi) is 6.20. The highest BCUT2D eigenvalue weighted by atomic mass is 79.9. The van der Waals surface area contributed by atoms with Crippen LogP contribution in [0.4, 0.5) is 0 Å². The lowest BCUT2D eigenvalue weighted by Crippen LogP contribution is -3.00. The largest absolute Gasteiger partial charge is 1.00 e. The summed E-state index contributed by atoms with van der Waals surface area (Å²) in [6.07, 6.45) is 0.602. The number of halogens is 1. The maximum absolute atomic E-state index is 13.2. The van der Waals surface area contributed by atoms with Gasteiger partial charge in [-0.15, -0.1) is 0 Å². The van der Waals surface area contributed by atoms with E-state index in [2.05, 4.69) is 14.0 Å². The second-order valence-corrected chi connectivity index (χ2v) is 7.17. The van der Waals surface area contributed by atoms with Gasteiger partial charge in [0.25, 0.3) is 0 Å². The Morgan fingerprint density at radius 3 is 2.24 bits per heavy atom. The number of aliphatic hydroxyl groups is 1. The van der Waals surface area contributed by atoms with Crippen LogP contribution in [0, 0.1) is 5.92 Å². The average Bonchev–Trinajstić information content (AvgIpc) is 2.65. The van der Waals surface area contributed by atoms with Gasteiger partial charge in [-0.05, 0) is 12.5 Å². The summed E-state index contributed by atoms with van der Waals surface area (Å²) >= 11 is 0. The molecular weight excluding hydrogens is 378 g/mol. The number of hydrogen-bond acceptors (Lipinski definition) is 2. The molecule has 3 atom stereocenters. The van der Waals surface area contributed by atoms with Gasteiger partial charge in [-0.1, -0.05) is 60.7 Å². The van der Waals surface area contributed by atoms with Crippen molar-refractivity contribution in [2.45, 2.75) is 18.9 Å². The Labute approximate surface area is 160 Å². The summed E-state index contributed by atoms with van der Waals surface area (Å²) in [5.74, 6) is -0.388. The van der Waals surface area contributed by atoms with Crippen molar-refractivity contribution in [1.82, 2.24) is 0 Å². The van der Waals surface area contributed by atoms with E-state index in [1.54, 1.807) is 0 Å². The van der Waals surface area contributed by atoms with Crippen LogP contribution in [0.3, 0.4) is 0 Å². The van der Waals surface area contributed by atoms with E-state index in [0.717, 1.165) is 23.1 Å². The molecule has 1 saturated heterocycles. The first kappa shape index (κ1) is 19.8. The van der Waals surface area contributed by atoms with Gasteiger partial charge < -0.3 is 26.6 Å². The summed E-state index contributed by atoms with van der Waals surface area (Å²) in [5, 5.41) is 11.5. The van der Waals surface area contributed by atoms with E-state index in [1.807, 2.05) is 60.7 Å². The number of Topliss-reactive ketones (excluding diaryl/α,β-unsaturated/α-hetero) is 1. The third-order valence-electron chi connectivity index (χ3n) is 5.64. The minimum Gasteiger partial charge on any atom is -1.00 e. The minimum absolute atomic E-state index is 0. The molecule has 1 fully saturated rings. The van der Waals surface area contributed by atoms with Crippen LogP contribution in [0.25, 0.3) is 0 Å². The summed E-state index contributed by atoms with van der Waals surface area (Å²) < 4.78 is 0.818. The van der Waals surface area contributed by atoms with Gasteiger partial charge in [0.2, 0.25) is 0 Å². The van der Waals surface area contributed by atoms with E-state index in [4.69, 9.17) is 0 Å². The molecule has 1 N–H and O–H groups in total. The molecule has 0 aromatic heterocycles. The molecule has 4 heteroatoms. The first-order valence-corrected chi connectivity index (χ1v) is 8.69. The van der Waals surface area contributed by atoms with Crippen molar-refractivity contribution >= 4 is 5.78 Å². The van der Waals surface area contributed by atoms with Gasteiger partial charge in [0.1, 0.15) is 11.5 Å². The number of hydrogen-bond donors (Lipinski definition) is 1. The molecule has 0 aliphatic carbocycles. The number of carbonyl (C=O) groups is 1. The molecule has 25 heavy (non-hydrogen) atoms. The van der Waals surface area contributed by atoms with Crippen LogP contribution in [0.2, 0.25) is 0 Å². The van der Waals surface area contributed by atoms with E-state index >= 15 is 0 Å². The summed E-state index contributed by atoms with van der Waals surface area (Å²) in [5.41, 5.74) is 0.434. The second kappa shape index (κ2) is 7.81. The maximum Gasteiger partial charge on any atom is 0.174 e. The summed E-state index contributed by atoms with van der Waals surface area (Å²) in [6.45, 7) is 4.65. The standard InChI is InChI=1S/C21H26NO2.BrH/c1-3-22(2)15-14-21(24,18-12-8-5-9-13-18)19(16-22)20(23)17-10-6-4-7-11-17;/h4-13,19,24H,3,14-16H2,1-2H3;1H/q+1;/p-1/t19-,21+,22?;/m0./s1. The molecule has 3 nitrogen and oxygen atoms in total. The first-order chi connectivity index (χ1) is 11.5. The van der Waals surface area contributed by atoms with Crippen molar-refractivity contribution in [2.24, 2.45) is 5.92 Å². The molecule has 0 amide bonds. The van der Waals surface area contributed by atoms with Crippen molar-refractivity contribution in [3.63, 3.8) is 0 Å². The molecule has 0 spiro atoms. The van der Waals surface area contributed by atoms with Gasteiger partial charge >= 0.3 is 0 Å². The Bertz CT molecular complexity index is 706. The van der Waals surface area contributed by atoms with Crippen LogP contribution < -0.4 is 17.0 Å². The Hall–Kier alpha value is -1.49. The lowest BCUT2D eigenvalue weighted by molar-refractivity contribution is -0.917. The molecule has 1 aliphatic heterocycles. The zero-order chi connectivity index (χ0) is 17.2. The smallest absolute Gasteiger partial charge is 0.174 e. The lowest BCUT2D eigenvalue weighted by Gasteiger charge is -2.48. The van der Waals surface area contributed by atoms with E-state index in [1.165, 1.54) is 0 Å². The van der Waals surface area contributed by atoms with Crippen molar-refractivity contribution in [2.75, 3.05) is 26.7 Å². The predicted octanol–water partition coefficient (Wildman–Crippen LogP) is 0.248. The zero-order valence-electron chi connectivity index (χ0n) is 14.9. The number of benzene rings is 2. The minimum atomic E-state index is -1.10. The van der Waals surface area contributed by atoms with Gasteiger partial charge in [0.15, 0.2) is 5.78 Å². The maximum atomic E-state index is 13.2. The van der Waals surface area contributed by atoms with Gasteiger partial charge in [-0.2, -0.15) is 0 Å². The highest BCUT2D eigenvalue weighted by molar-refractivity contribution is 5.98. The lowest BCUT2D eigenvalue weighted by atomic mass is 9.72. The van der Waals surface area contributed by atoms with Crippen molar-refractivity contribution in [3.05, 3.63) is 71.8 Å². The van der Waals surface area contributed by atoms with Crippen molar-refractivity contribution in [1.29, 1.82) is 0 Å². The Balaban J connectivity index is 0.00000225.